The van der Waals surface area contributed by atoms with Crippen LogP contribution in [-0.2, 0) is 16.1 Å². The fraction of sp³-hybridized carbons (Fsp3) is 0.722. The second kappa shape index (κ2) is 7.38. The van der Waals surface area contributed by atoms with Gasteiger partial charge in [-0.25, -0.2) is 0 Å². The number of hydrogen-bond donors (Lipinski definition) is 0. The quantitative estimate of drug-likeness (QED) is 0.769. The molecular weight excluding hydrogens is 377 g/mol. The predicted octanol–water partition coefficient (Wildman–Crippen LogP) is 1.84. The molecule has 0 aromatic carbocycles. The highest BCUT2D eigenvalue weighted by atomic mass is 19.4. The molecule has 1 aromatic heterocycles. The van der Waals surface area contributed by atoms with E-state index in [1.807, 2.05) is 4.90 Å². The van der Waals surface area contributed by atoms with Crippen molar-refractivity contribution in [1.29, 1.82) is 0 Å². The highest BCUT2D eigenvalue weighted by molar-refractivity contribution is 5.87. The minimum atomic E-state index is -4.53. The van der Waals surface area contributed by atoms with E-state index in [0.717, 1.165) is 4.90 Å². The number of nitrogens with zero attached hydrogens (tertiary/aromatic N) is 4. The van der Waals surface area contributed by atoms with Crippen LogP contribution in [0.2, 0.25) is 0 Å². The summed E-state index contributed by atoms with van der Waals surface area (Å²) in [5, 5.41) is 0. The number of Topliss-reactive ketones (excluding diaryl/α,β-unsaturated/α-hetero) is 1. The molecule has 2 aliphatic rings. The first-order valence-electron chi connectivity index (χ1n) is 9.30. The van der Waals surface area contributed by atoms with Crippen LogP contribution in [0.1, 0.15) is 27.2 Å². The third kappa shape index (κ3) is 4.16. The molecule has 0 saturated carbocycles. The lowest BCUT2D eigenvalue weighted by Crippen LogP contribution is -2.55. The van der Waals surface area contributed by atoms with E-state index in [-0.39, 0.29) is 24.7 Å². The van der Waals surface area contributed by atoms with E-state index in [4.69, 9.17) is 4.74 Å². The minimum absolute atomic E-state index is 0.0884. The molecule has 0 unspecified atom stereocenters. The number of alkyl halides is 3. The summed E-state index contributed by atoms with van der Waals surface area (Å²) in [5.41, 5.74) is -1.22. The molecule has 0 radical (unpaired) electrons. The van der Waals surface area contributed by atoms with E-state index in [0.29, 0.717) is 32.1 Å². The summed E-state index contributed by atoms with van der Waals surface area (Å²) in [7, 11) is 0. The van der Waals surface area contributed by atoms with Crippen LogP contribution in [0.3, 0.4) is 0 Å². The van der Waals surface area contributed by atoms with Gasteiger partial charge in [-0.05, 0) is 6.42 Å². The van der Waals surface area contributed by atoms with Crippen LogP contribution in [0, 0.1) is 5.41 Å². The Morgan fingerprint density at radius 1 is 1.21 bits per heavy atom. The third-order valence-corrected chi connectivity index (χ3v) is 5.10. The molecule has 1 saturated heterocycles. The number of aromatic nitrogens is 2. The van der Waals surface area contributed by atoms with Crippen LogP contribution in [0.5, 0.6) is 0 Å². The van der Waals surface area contributed by atoms with Gasteiger partial charge in [0.15, 0.2) is 5.78 Å². The fourth-order valence-electron chi connectivity index (χ4n) is 3.33. The van der Waals surface area contributed by atoms with Crippen LogP contribution < -0.4 is 15.4 Å². The summed E-state index contributed by atoms with van der Waals surface area (Å²) in [5.74, 6) is -0.128. The van der Waals surface area contributed by atoms with Crippen molar-refractivity contribution in [3.05, 3.63) is 16.4 Å². The van der Waals surface area contributed by atoms with E-state index in [1.165, 1.54) is 10.6 Å². The smallest absolute Gasteiger partial charge is 0.378 e. The summed E-state index contributed by atoms with van der Waals surface area (Å²) < 4.78 is 47.6. The second-order valence-electron chi connectivity index (χ2n) is 8.15. The third-order valence-electron chi connectivity index (χ3n) is 5.10. The van der Waals surface area contributed by atoms with Gasteiger partial charge in [0.2, 0.25) is 5.95 Å². The van der Waals surface area contributed by atoms with E-state index in [2.05, 4.69) is 4.98 Å². The molecule has 1 aromatic rings. The molecule has 0 bridgehead atoms. The first-order valence-corrected chi connectivity index (χ1v) is 9.30. The van der Waals surface area contributed by atoms with Gasteiger partial charge >= 0.3 is 6.18 Å². The monoisotopic (exact) mass is 402 g/mol. The van der Waals surface area contributed by atoms with Crippen molar-refractivity contribution in [3.63, 3.8) is 0 Å². The standard InChI is InChI=1S/C18H25F3N4O3/c1-17(2,3)13(26)11-25-12(18(19,20)21)4-5-24-15(27)10-14(22-16(24)25)23-6-8-28-9-7-23/h10,12H,4-9,11H2,1-3H3/t12-/m0/s1. The topological polar surface area (TPSA) is 67.7 Å². The molecule has 28 heavy (non-hydrogen) atoms. The van der Waals surface area contributed by atoms with Crippen molar-refractivity contribution in [2.75, 3.05) is 42.6 Å². The molecule has 0 amide bonds. The number of ketones is 1. The zero-order chi connectivity index (χ0) is 20.7. The maximum absolute atomic E-state index is 13.7. The summed E-state index contributed by atoms with van der Waals surface area (Å²) in [6, 6.07) is -0.516. The first-order chi connectivity index (χ1) is 13.0. The normalized spacial score (nSPS) is 20.9. The number of fused-ring (bicyclic) bond motifs is 1. The Balaban J connectivity index is 2.05. The Labute approximate surface area is 161 Å². The lowest BCUT2D eigenvalue weighted by atomic mass is 9.90. The molecule has 7 nitrogen and oxygen atoms in total. The van der Waals surface area contributed by atoms with Gasteiger partial charge in [0.05, 0.1) is 19.8 Å². The van der Waals surface area contributed by atoms with Gasteiger partial charge in [0.25, 0.3) is 5.56 Å². The SMILES string of the molecule is CC(C)(C)C(=O)CN1c2nc(N3CCOCC3)cc(=O)n2CC[C@H]1C(F)(F)F. The Hall–Kier alpha value is -2.10. The molecule has 3 heterocycles. The van der Waals surface area contributed by atoms with Crippen molar-refractivity contribution in [1.82, 2.24) is 9.55 Å². The number of halogens is 3. The van der Waals surface area contributed by atoms with Gasteiger partial charge in [0, 0.05) is 31.1 Å². The molecule has 3 rings (SSSR count). The number of carbonyl (C=O) groups is 1. The van der Waals surface area contributed by atoms with Crippen molar-refractivity contribution in [2.45, 2.75) is 46.0 Å². The zero-order valence-corrected chi connectivity index (χ0v) is 16.3. The van der Waals surface area contributed by atoms with Crippen molar-refractivity contribution < 1.29 is 22.7 Å². The number of rotatable bonds is 3. The van der Waals surface area contributed by atoms with Crippen LogP contribution in [0.25, 0.3) is 0 Å². The number of ether oxygens (including phenoxy) is 1. The highest BCUT2D eigenvalue weighted by Gasteiger charge is 2.48. The van der Waals surface area contributed by atoms with Crippen molar-refractivity contribution in [2.24, 2.45) is 5.41 Å². The van der Waals surface area contributed by atoms with Crippen LogP contribution in [0.4, 0.5) is 24.9 Å². The second-order valence-corrected chi connectivity index (χ2v) is 8.15. The number of morpholine rings is 1. The molecule has 2 aliphatic heterocycles. The molecule has 10 heteroatoms. The first kappa shape index (κ1) is 20.6. The van der Waals surface area contributed by atoms with Gasteiger partial charge in [0.1, 0.15) is 11.9 Å². The Morgan fingerprint density at radius 3 is 2.43 bits per heavy atom. The number of carbonyl (C=O) groups excluding carboxylic acids is 1. The van der Waals surface area contributed by atoms with E-state index < -0.39 is 29.7 Å². The summed E-state index contributed by atoms with van der Waals surface area (Å²) >= 11 is 0. The molecule has 0 aliphatic carbocycles. The van der Waals surface area contributed by atoms with Gasteiger partial charge in [-0.1, -0.05) is 20.8 Å². The molecule has 0 N–H and O–H groups in total. The van der Waals surface area contributed by atoms with E-state index in [9.17, 15) is 22.8 Å². The molecule has 156 valence electrons. The summed E-state index contributed by atoms with van der Waals surface area (Å²) in [4.78, 5) is 32.3. The zero-order valence-electron chi connectivity index (χ0n) is 16.3. The minimum Gasteiger partial charge on any atom is -0.378 e. The number of anilines is 2. The molecule has 1 fully saturated rings. The highest BCUT2D eigenvalue weighted by Crippen LogP contribution is 2.35. The Kier molecular flexibility index (Phi) is 5.44. The van der Waals surface area contributed by atoms with Gasteiger partial charge in [-0.15, -0.1) is 0 Å². The van der Waals surface area contributed by atoms with Gasteiger partial charge in [-0.3, -0.25) is 14.2 Å². The summed E-state index contributed by atoms with van der Waals surface area (Å²) in [6.45, 7) is 6.35. The van der Waals surface area contributed by atoms with Crippen molar-refractivity contribution in [3.8, 4) is 0 Å². The molecular formula is C18H25F3N4O3. The lowest BCUT2D eigenvalue weighted by Gasteiger charge is -2.40. The average Bonchev–Trinajstić information content (AvgIpc) is 2.61. The van der Waals surface area contributed by atoms with E-state index >= 15 is 0 Å². The molecule has 0 spiro atoms. The van der Waals surface area contributed by atoms with Crippen LogP contribution in [-0.4, -0.2) is 60.4 Å². The molecule has 1 atom stereocenters. The maximum Gasteiger partial charge on any atom is 0.408 e. The van der Waals surface area contributed by atoms with E-state index in [1.54, 1.807) is 20.8 Å². The van der Waals surface area contributed by atoms with Gasteiger partial charge < -0.3 is 14.5 Å². The Bertz CT molecular complexity index is 795. The Morgan fingerprint density at radius 2 is 1.86 bits per heavy atom. The number of hydrogen-bond acceptors (Lipinski definition) is 6. The van der Waals surface area contributed by atoms with Crippen LogP contribution in [0.15, 0.2) is 10.9 Å². The fourth-order valence-corrected chi connectivity index (χ4v) is 3.33. The van der Waals surface area contributed by atoms with Gasteiger partial charge in [-0.2, -0.15) is 18.2 Å². The van der Waals surface area contributed by atoms with Crippen LogP contribution >= 0.6 is 0 Å². The maximum atomic E-state index is 13.7. The van der Waals surface area contributed by atoms with Crippen molar-refractivity contribution >= 4 is 17.5 Å². The predicted molar refractivity (Wildman–Crippen MR) is 97.8 cm³/mol. The average molecular weight is 402 g/mol. The summed E-state index contributed by atoms with van der Waals surface area (Å²) in [6.07, 6.45) is -4.83. The largest absolute Gasteiger partial charge is 0.408 e. The lowest BCUT2D eigenvalue weighted by molar-refractivity contribution is -0.153.